The molecule has 0 fully saturated rings. The Bertz CT molecular complexity index is 1260. The molecule has 0 amide bonds. The van der Waals surface area contributed by atoms with E-state index in [0.717, 1.165) is 34.8 Å². The summed E-state index contributed by atoms with van der Waals surface area (Å²) >= 11 is 0. The summed E-state index contributed by atoms with van der Waals surface area (Å²) < 4.78 is 39.2. The second-order valence-corrected chi connectivity index (χ2v) is 8.14. The minimum atomic E-state index is -4.27. The van der Waals surface area contributed by atoms with Crippen molar-refractivity contribution in [1.29, 1.82) is 0 Å². The summed E-state index contributed by atoms with van der Waals surface area (Å²) in [6, 6.07) is 23.9. The molecule has 0 saturated heterocycles. The van der Waals surface area contributed by atoms with E-state index in [4.69, 9.17) is 4.42 Å². The molecule has 0 unspecified atom stereocenters. The normalized spacial score (nSPS) is 11.3. The fourth-order valence-electron chi connectivity index (χ4n) is 2.95. The van der Waals surface area contributed by atoms with E-state index in [1.54, 1.807) is 12.1 Å². The number of para-hydroxylation sites is 3. The highest BCUT2D eigenvalue weighted by atomic mass is 32.2. The monoisotopic (exact) mass is 436 g/mol. The van der Waals surface area contributed by atoms with Gasteiger partial charge in [0, 0.05) is 18.0 Å². The highest BCUT2D eigenvalue weighted by Gasteiger charge is 2.17. The summed E-state index contributed by atoms with van der Waals surface area (Å²) in [5.41, 5.74) is 4.02. The number of aromatic nitrogens is 1. The first-order chi connectivity index (χ1) is 14.9. The number of aryl methyl sites for hydroxylation is 2. The number of anilines is 1. The van der Waals surface area contributed by atoms with Crippen LogP contribution in [0.2, 0.25) is 0 Å². The second kappa shape index (κ2) is 10.1. The molecule has 3 aromatic carbocycles. The minimum absolute atomic E-state index is 0.178. The average Bonchev–Trinajstić information content (AvgIpc) is 3.12. The van der Waals surface area contributed by atoms with E-state index in [1.807, 2.05) is 67.7 Å². The summed E-state index contributed by atoms with van der Waals surface area (Å²) in [6.07, 6.45) is 3.86. The van der Waals surface area contributed by atoms with Gasteiger partial charge in [-0.1, -0.05) is 48.0 Å². The van der Waals surface area contributed by atoms with E-state index in [2.05, 4.69) is 22.9 Å². The maximum atomic E-state index is 10.4. The Hall–Kier alpha value is -3.42. The lowest BCUT2D eigenvalue weighted by Gasteiger charge is -2.05. The van der Waals surface area contributed by atoms with Crippen molar-refractivity contribution in [3.63, 3.8) is 0 Å². The summed E-state index contributed by atoms with van der Waals surface area (Å²) in [5.74, 6) is 0.845. The van der Waals surface area contributed by atoms with Crippen molar-refractivity contribution >= 4 is 33.0 Å². The van der Waals surface area contributed by atoms with Crippen LogP contribution in [-0.4, -0.2) is 13.0 Å². The first-order valence-electron chi connectivity index (χ1n) is 9.80. The Morgan fingerprint density at radius 3 is 2.26 bits per heavy atom. The van der Waals surface area contributed by atoms with Gasteiger partial charge in [0.25, 0.3) is 5.52 Å². The third-order valence-electron chi connectivity index (χ3n) is 4.51. The van der Waals surface area contributed by atoms with Crippen LogP contribution in [0, 0.1) is 6.92 Å². The molecule has 31 heavy (non-hydrogen) atoms. The zero-order valence-electron chi connectivity index (χ0n) is 17.4. The molecular formula is C24H24N2O4S. The molecule has 4 aromatic rings. The quantitative estimate of drug-likeness (QED) is 0.361. The molecule has 6 nitrogen and oxygen atoms in total. The molecule has 0 aliphatic heterocycles. The maximum Gasteiger partial charge on any atom is 0.375 e. The van der Waals surface area contributed by atoms with Crippen molar-refractivity contribution in [2.45, 2.75) is 25.3 Å². The Balaban J connectivity index is 0.000000210. The van der Waals surface area contributed by atoms with Gasteiger partial charge in [0.15, 0.2) is 0 Å². The van der Waals surface area contributed by atoms with Gasteiger partial charge >= 0.3 is 5.89 Å². The lowest BCUT2D eigenvalue weighted by molar-refractivity contribution is -0.674. The largest absolute Gasteiger partial charge is 0.744 e. The van der Waals surface area contributed by atoms with Crippen LogP contribution in [0.5, 0.6) is 0 Å². The zero-order chi connectivity index (χ0) is 22.3. The highest BCUT2D eigenvalue weighted by Crippen LogP contribution is 2.14. The smallest absolute Gasteiger partial charge is 0.375 e. The molecular weight excluding hydrogens is 412 g/mol. The van der Waals surface area contributed by atoms with Gasteiger partial charge in [0.05, 0.1) is 11.0 Å². The van der Waals surface area contributed by atoms with Crippen LogP contribution in [0.1, 0.15) is 18.4 Å². The van der Waals surface area contributed by atoms with Crippen molar-refractivity contribution in [1.82, 2.24) is 0 Å². The van der Waals surface area contributed by atoms with Crippen LogP contribution in [0.15, 0.2) is 94.4 Å². The Labute approximate surface area is 182 Å². The van der Waals surface area contributed by atoms with Gasteiger partial charge in [0.2, 0.25) is 5.58 Å². The fourth-order valence-corrected chi connectivity index (χ4v) is 3.42. The Kier molecular flexibility index (Phi) is 7.23. The summed E-state index contributed by atoms with van der Waals surface area (Å²) in [5, 5.41) is 3.23. The summed E-state index contributed by atoms with van der Waals surface area (Å²) in [6.45, 7) is 4.81. The molecule has 160 valence electrons. The first-order valence-corrected chi connectivity index (χ1v) is 11.2. The third kappa shape index (κ3) is 6.04. The van der Waals surface area contributed by atoms with Crippen molar-refractivity contribution in [3.8, 4) is 0 Å². The maximum absolute atomic E-state index is 10.4. The fraction of sp³-hybridized carbons (Fsp3) is 0.125. The molecule has 0 aliphatic carbocycles. The van der Waals surface area contributed by atoms with Gasteiger partial charge in [-0.2, -0.15) is 4.57 Å². The molecule has 0 spiro atoms. The van der Waals surface area contributed by atoms with E-state index in [0.29, 0.717) is 0 Å². The summed E-state index contributed by atoms with van der Waals surface area (Å²) in [4.78, 5) is -0.178. The summed E-state index contributed by atoms with van der Waals surface area (Å²) in [7, 11) is -4.27. The van der Waals surface area contributed by atoms with Crippen molar-refractivity contribution in [3.05, 3.63) is 96.5 Å². The Morgan fingerprint density at radius 2 is 1.61 bits per heavy atom. The lowest BCUT2D eigenvalue weighted by atomic mass is 10.2. The van der Waals surface area contributed by atoms with Crippen molar-refractivity contribution in [2.24, 2.45) is 0 Å². The van der Waals surface area contributed by atoms with Crippen molar-refractivity contribution < 1.29 is 22.0 Å². The van der Waals surface area contributed by atoms with E-state index in [1.165, 1.54) is 12.1 Å². The van der Waals surface area contributed by atoms with Gasteiger partial charge in [-0.3, -0.25) is 0 Å². The molecule has 1 heterocycles. The topological polar surface area (TPSA) is 86.2 Å². The van der Waals surface area contributed by atoms with Crippen LogP contribution < -0.4 is 9.88 Å². The van der Waals surface area contributed by atoms with E-state index < -0.39 is 10.1 Å². The van der Waals surface area contributed by atoms with Crippen LogP contribution in [-0.2, 0) is 16.7 Å². The number of benzene rings is 3. The van der Waals surface area contributed by atoms with Gasteiger partial charge in [-0.25, -0.2) is 8.42 Å². The van der Waals surface area contributed by atoms with Gasteiger partial charge in [-0.05, 0) is 44.2 Å². The molecule has 1 aromatic heterocycles. The van der Waals surface area contributed by atoms with Gasteiger partial charge in [-0.15, -0.1) is 0 Å². The number of oxazole rings is 1. The number of nitrogens with one attached hydrogen (secondary N) is 1. The van der Waals surface area contributed by atoms with E-state index in [-0.39, 0.29) is 4.90 Å². The van der Waals surface area contributed by atoms with Crippen LogP contribution in [0.4, 0.5) is 5.69 Å². The number of hydrogen-bond acceptors (Lipinski definition) is 5. The van der Waals surface area contributed by atoms with Gasteiger partial charge in [0.1, 0.15) is 16.7 Å². The third-order valence-corrected chi connectivity index (χ3v) is 5.36. The molecule has 7 heteroatoms. The van der Waals surface area contributed by atoms with Crippen molar-refractivity contribution in [2.75, 3.05) is 5.32 Å². The van der Waals surface area contributed by atoms with Crippen LogP contribution in [0.3, 0.4) is 0 Å². The Morgan fingerprint density at radius 1 is 0.968 bits per heavy atom. The van der Waals surface area contributed by atoms with Gasteiger partial charge < -0.3 is 14.3 Å². The number of hydrogen-bond donors (Lipinski definition) is 1. The molecule has 0 aliphatic rings. The lowest BCUT2D eigenvalue weighted by Crippen LogP contribution is -2.33. The molecule has 1 N–H and O–H groups in total. The molecule has 4 rings (SSSR count). The SMILES string of the molecule is CC[n+]1c(C=CNc2ccccc2)oc2ccccc21.Cc1ccc(S(=O)(=O)[O-])cc1. The second-order valence-electron chi connectivity index (χ2n) is 6.76. The number of fused-ring (bicyclic) bond motifs is 1. The van der Waals surface area contributed by atoms with E-state index >= 15 is 0 Å². The molecule has 0 saturated carbocycles. The van der Waals surface area contributed by atoms with Crippen LogP contribution >= 0.6 is 0 Å². The number of rotatable bonds is 5. The highest BCUT2D eigenvalue weighted by molar-refractivity contribution is 7.85. The minimum Gasteiger partial charge on any atom is -0.744 e. The first kappa shape index (κ1) is 22.3. The standard InChI is InChI=1S/C17H16N2O.C7H8O3S/c1-2-19-15-10-6-7-11-16(15)20-17(19)12-13-18-14-8-4-3-5-9-14;1-6-2-4-7(5-3-6)11(8,9)10/h3-13H,2H2,1H3;2-5H,1H3,(H,8,9,10). The van der Waals surface area contributed by atoms with E-state index in [9.17, 15) is 13.0 Å². The van der Waals surface area contributed by atoms with Crippen LogP contribution in [0.25, 0.3) is 17.2 Å². The zero-order valence-corrected chi connectivity index (χ0v) is 18.2. The molecule has 0 bridgehead atoms. The predicted octanol–water partition coefficient (Wildman–Crippen LogP) is 4.72. The number of nitrogens with zero attached hydrogens (tertiary/aromatic N) is 1. The molecule has 0 atom stereocenters. The molecule has 0 radical (unpaired) electrons. The predicted molar refractivity (Wildman–Crippen MR) is 120 cm³/mol. The average molecular weight is 437 g/mol.